The van der Waals surface area contributed by atoms with E-state index in [1.807, 2.05) is 13.8 Å². The summed E-state index contributed by atoms with van der Waals surface area (Å²) < 4.78 is 5.47. The second-order valence-electron chi connectivity index (χ2n) is 6.17. The van der Waals surface area contributed by atoms with Gasteiger partial charge in [0.1, 0.15) is 5.75 Å². The van der Waals surface area contributed by atoms with E-state index in [0.717, 1.165) is 44.0 Å². The molecule has 1 amide bonds. The topological polar surface area (TPSA) is 55.6 Å². The van der Waals surface area contributed by atoms with Crippen LogP contribution in [-0.2, 0) is 11.2 Å². The van der Waals surface area contributed by atoms with Gasteiger partial charge in [-0.15, -0.1) is 0 Å². The number of nitrogens with two attached hydrogens (primary N) is 1. The van der Waals surface area contributed by atoms with Crippen LogP contribution in [0.3, 0.4) is 0 Å². The largest absolute Gasteiger partial charge is 0.494 e. The molecule has 0 spiro atoms. The summed E-state index contributed by atoms with van der Waals surface area (Å²) in [5.74, 6) is 1.48. The molecule has 0 bridgehead atoms. The Morgan fingerprint density at radius 1 is 1.32 bits per heavy atom. The summed E-state index contributed by atoms with van der Waals surface area (Å²) in [5.41, 5.74) is 6.75. The predicted octanol–water partition coefficient (Wildman–Crippen LogP) is 2.60. The van der Waals surface area contributed by atoms with Crippen LogP contribution in [0.1, 0.15) is 38.7 Å². The molecule has 0 aromatic heterocycles. The monoisotopic (exact) mass is 304 g/mol. The van der Waals surface area contributed by atoms with Crippen molar-refractivity contribution in [2.45, 2.75) is 45.6 Å². The second kappa shape index (κ2) is 8.18. The van der Waals surface area contributed by atoms with Crippen molar-refractivity contribution in [2.75, 3.05) is 19.7 Å². The van der Waals surface area contributed by atoms with Gasteiger partial charge >= 0.3 is 0 Å². The first kappa shape index (κ1) is 16.8. The van der Waals surface area contributed by atoms with E-state index in [1.165, 1.54) is 12.0 Å². The zero-order valence-corrected chi connectivity index (χ0v) is 13.8. The van der Waals surface area contributed by atoms with E-state index in [2.05, 4.69) is 29.2 Å². The molecule has 1 aliphatic rings. The summed E-state index contributed by atoms with van der Waals surface area (Å²) in [6.07, 6.45) is 4.65. The molecule has 4 heteroatoms. The minimum atomic E-state index is -0.215. The SMILES string of the molecule is CCOc1ccc(CCC2CCN([C@H](C)C(N)=O)CC2)cc1. The van der Waals surface area contributed by atoms with Crippen molar-refractivity contribution in [3.8, 4) is 5.75 Å². The van der Waals surface area contributed by atoms with Gasteiger partial charge < -0.3 is 10.5 Å². The molecule has 2 N–H and O–H groups in total. The Bertz CT molecular complexity index is 464. The summed E-state index contributed by atoms with van der Waals surface area (Å²) in [5, 5.41) is 0. The fourth-order valence-electron chi connectivity index (χ4n) is 3.10. The zero-order chi connectivity index (χ0) is 15.9. The molecule has 0 unspecified atom stereocenters. The van der Waals surface area contributed by atoms with E-state index in [9.17, 15) is 4.79 Å². The van der Waals surface area contributed by atoms with E-state index in [4.69, 9.17) is 10.5 Å². The van der Waals surface area contributed by atoms with Crippen LogP contribution in [0.5, 0.6) is 5.75 Å². The van der Waals surface area contributed by atoms with Gasteiger partial charge in [0.25, 0.3) is 0 Å². The molecule has 1 aliphatic heterocycles. The Labute approximate surface area is 133 Å². The molecule has 0 aliphatic carbocycles. The maximum absolute atomic E-state index is 11.2. The maximum atomic E-state index is 11.2. The number of primary amides is 1. The number of aryl methyl sites for hydroxylation is 1. The quantitative estimate of drug-likeness (QED) is 0.842. The van der Waals surface area contributed by atoms with Gasteiger partial charge in [-0.25, -0.2) is 0 Å². The summed E-state index contributed by atoms with van der Waals surface area (Å²) in [6, 6.07) is 8.29. The van der Waals surface area contributed by atoms with Crippen molar-refractivity contribution in [3.05, 3.63) is 29.8 Å². The molecule has 1 aromatic carbocycles. The smallest absolute Gasteiger partial charge is 0.234 e. The maximum Gasteiger partial charge on any atom is 0.234 e. The van der Waals surface area contributed by atoms with Crippen molar-refractivity contribution in [2.24, 2.45) is 11.7 Å². The first-order valence-corrected chi connectivity index (χ1v) is 8.35. The zero-order valence-electron chi connectivity index (χ0n) is 13.8. The molecule has 4 nitrogen and oxygen atoms in total. The second-order valence-corrected chi connectivity index (χ2v) is 6.17. The minimum Gasteiger partial charge on any atom is -0.494 e. The summed E-state index contributed by atoms with van der Waals surface area (Å²) in [4.78, 5) is 13.4. The van der Waals surface area contributed by atoms with Crippen LogP contribution in [0, 0.1) is 5.92 Å². The van der Waals surface area contributed by atoms with Crippen molar-refractivity contribution in [3.63, 3.8) is 0 Å². The van der Waals surface area contributed by atoms with Crippen LogP contribution in [-0.4, -0.2) is 36.5 Å². The lowest BCUT2D eigenvalue weighted by Gasteiger charge is -2.34. The number of benzene rings is 1. The number of hydrogen-bond donors (Lipinski definition) is 1. The normalized spacial score (nSPS) is 18.1. The van der Waals surface area contributed by atoms with Crippen LogP contribution in [0.2, 0.25) is 0 Å². The Kier molecular flexibility index (Phi) is 6.25. The molecule has 1 saturated heterocycles. The lowest BCUT2D eigenvalue weighted by atomic mass is 9.90. The van der Waals surface area contributed by atoms with Crippen LogP contribution in [0.15, 0.2) is 24.3 Å². The van der Waals surface area contributed by atoms with Crippen molar-refractivity contribution >= 4 is 5.91 Å². The lowest BCUT2D eigenvalue weighted by Crippen LogP contribution is -2.46. The third-order valence-electron chi connectivity index (χ3n) is 4.68. The van der Waals surface area contributed by atoms with Gasteiger partial charge in [-0.1, -0.05) is 12.1 Å². The van der Waals surface area contributed by atoms with Gasteiger partial charge in [0.15, 0.2) is 0 Å². The standard InChI is InChI=1S/C18H28N2O2/c1-3-22-17-8-6-15(7-9-17)4-5-16-10-12-20(13-11-16)14(2)18(19)21/h6-9,14,16H,3-5,10-13H2,1-2H3,(H2,19,21)/t14-/m1/s1. The number of ether oxygens (including phenoxy) is 1. The number of carbonyl (C=O) groups excluding carboxylic acids is 1. The Morgan fingerprint density at radius 2 is 1.95 bits per heavy atom. The predicted molar refractivity (Wildman–Crippen MR) is 88.9 cm³/mol. The van der Waals surface area contributed by atoms with Gasteiger partial charge in [0, 0.05) is 0 Å². The van der Waals surface area contributed by atoms with Crippen molar-refractivity contribution < 1.29 is 9.53 Å². The average molecular weight is 304 g/mol. The number of carbonyl (C=O) groups is 1. The fourth-order valence-corrected chi connectivity index (χ4v) is 3.10. The Balaban J connectivity index is 1.73. The minimum absolute atomic E-state index is 0.132. The summed E-state index contributed by atoms with van der Waals surface area (Å²) >= 11 is 0. The van der Waals surface area contributed by atoms with E-state index >= 15 is 0 Å². The van der Waals surface area contributed by atoms with Crippen LogP contribution >= 0.6 is 0 Å². The van der Waals surface area contributed by atoms with Gasteiger partial charge in [0.05, 0.1) is 12.6 Å². The summed E-state index contributed by atoms with van der Waals surface area (Å²) in [7, 11) is 0. The highest BCUT2D eigenvalue weighted by atomic mass is 16.5. The number of rotatable bonds is 7. The van der Waals surface area contributed by atoms with Crippen LogP contribution in [0.25, 0.3) is 0 Å². The molecule has 1 heterocycles. The highest BCUT2D eigenvalue weighted by Gasteiger charge is 2.24. The average Bonchev–Trinajstić information content (AvgIpc) is 2.54. The molecule has 1 aromatic rings. The molecule has 122 valence electrons. The number of hydrogen-bond acceptors (Lipinski definition) is 3. The van der Waals surface area contributed by atoms with Gasteiger partial charge in [-0.2, -0.15) is 0 Å². The summed E-state index contributed by atoms with van der Waals surface area (Å²) in [6.45, 7) is 6.58. The molecule has 2 rings (SSSR count). The molecule has 1 fully saturated rings. The van der Waals surface area contributed by atoms with Gasteiger partial charge in [-0.3, -0.25) is 9.69 Å². The van der Waals surface area contributed by atoms with Crippen LogP contribution in [0.4, 0.5) is 0 Å². The van der Waals surface area contributed by atoms with E-state index < -0.39 is 0 Å². The van der Waals surface area contributed by atoms with Gasteiger partial charge in [-0.05, 0) is 76.2 Å². The van der Waals surface area contributed by atoms with E-state index in [1.54, 1.807) is 0 Å². The molecular weight excluding hydrogens is 276 g/mol. The highest BCUT2D eigenvalue weighted by molar-refractivity contribution is 5.79. The fraction of sp³-hybridized carbons (Fsp3) is 0.611. The van der Waals surface area contributed by atoms with Crippen molar-refractivity contribution in [1.82, 2.24) is 4.90 Å². The van der Waals surface area contributed by atoms with Crippen LogP contribution < -0.4 is 10.5 Å². The number of likely N-dealkylation sites (tertiary alicyclic amines) is 1. The molecule has 0 radical (unpaired) electrons. The van der Waals surface area contributed by atoms with E-state index in [-0.39, 0.29) is 11.9 Å². The van der Waals surface area contributed by atoms with Crippen molar-refractivity contribution in [1.29, 1.82) is 0 Å². The molecular formula is C18H28N2O2. The third-order valence-corrected chi connectivity index (χ3v) is 4.68. The Morgan fingerprint density at radius 3 is 2.50 bits per heavy atom. The highest BCUT2D eigenvalue weighted by Crippen LogP contribution is 2.24. The number of amides is 1. The first-order chi connectivity index (χ1) is 10.6. The first-order valence-electron chi connectivity index (χ1n) is 8.35. The molecule has 22 heavy (non-hydrogen) atoms. The molecule has 0 saturated carbocycles. The lowest BCUT2D eigenvalue weighted by molar-refractivity contribution is -0.123. The number of nitrogens with zero attached hydrogens (tertiary/aromatic N) is 1. The number of piperidine rings is 1. The van der Waals surface area contributed by atoms with Gasteiger partial charge in [0.2, 0.25) is 5.91 Å². The third kappa shape index (κ3) is 4.73. The van der Waals surface area contributed by atoms with E-state index in [0.29, 0.717) is 6.61 Å². The molecule has 1 atom stereocenters. The Hall–Kier alpha value is -1.55.